The summed E-state index contributed by atoms with van der Waals surface area (Å²) in [5.41, 5.74) is 0.571. The van der Waals surface area contributed by atoms with Gasteiger partial charge in [-0.2, -0.15) is 0 Å². The fourth-order valence-electron chi connectivity index (χ4n) is 3.47. The maximum absolute atomic E-state index is 12.3. The summed E-state index contributed by atoms with van der Waals surface area (Å²) in [5.74, 6) is 2.92. The van der Waals surface area contributed by atoms with Gasteiger partial charge in [0, 0.05) is 38.0 Å². The summed E-state index contributed by atoms with van der Waals surface area (Å²) in [5, 5.41) is 5.79. The number of aromatic nitrogens is 1. The molecular weight excluding hydrogens is 372 g/mol. The van der Waals surface area contributed by atoms with E-state index in [9.17, 15) is 4.79 Å². The van der Waals surface area contributed by atoms with Crippen molar-refractivity contribution >= 4 is 17.5 Å². The van der Waals surface area contributed by atoms with Gasteiger partial charge in [-0.3, -0.25) is 0 Å². The van der Waals surface area contributed by atoms with Crippen LogP contribution < -0.4 is 29.7 Å². The molecule has 8 heteroatoms. The number of nitrogens with zero attached hydrogens (tertiary/aromatic N) is 2. The molecule has 0 aliphatic carbocycles. The number of ether oxygens (including phenoxy) is 3. The fraction of sp³-hybridized carbons (Fsp3) is 0.429. The number of amides is 2. The molecule has 0 bridgehead atoms. The summed E-state index contributed by atoms with van der Waals surface area (Å²) in [4.78, 5) is 19.0. The summed E-state index contributed by atoms with van der Waals surface area (Å²) in [6.45, 7) is 2.52. The molecule has 0 radical (unpaired) electrons. The molecule has 3 rings (SSSR count). The molecule has 29 heavy (non-hydrogen) atoms. The van der Waals surface area contributed by atoms with Crippen LogP contribution in [0.1, 0.15) is 12.8 Å². The van der Waals surface area contributed by atoms with Gasteiger partial charge in [-0.25, -0.2) is 9.78 Å². The van der Waals surface area contributed by atoms with Gasteiger partial charge in [-0.15, -0.1) is 0 Å². The second kappa shape index (κ2) is 9.86. The molecule has 2 amide bonds. The minimum atomic E-state index is -0.258. The van der Waals surface area contributed by atoms with Gasteiger partial charge in [0.05, 0.1) is 27.0 Å². The fourth-order valence-corrected chi connectivity index (χ4v) is 3.47. The predicted molar refractivity (Wildman–Crippen MR) is 112 cm³/mol. The molecule has 2 N–H and O–H groups in total. The van der Waals surface area contributed by atoms with E-state index >= 15 is 0 Å². The highest BCUT2D eigenvalue weighted by Gasteiger charge is 2.21. The van der Waals surface area contributed by atoms with Crippen LogP contribution in [0.2, 0.25) is 0 Å². The van der Waals surface area contributed by atoms with Crippen molar-refractivity contribution in [2.45, 2.75) is 12.8 Å². The number of nitrogens with one attached hydrogen (secondary N) is 2. The number of carbonyl (C=O) groups excluding carboxylic acids is 1. The van der Waals surface area contributed by atoms with Gasteiger partial charge >= 0.3 is 6.03 Å². The average molecular weight is 400 g/mol. The summed E-state index contributed by atoms with van der Waals surface area (Å²) in [6.07, 6.45) is 3.85. The maximum Gasteiger partial charge on any atom is 0.319 e. The van der Waals surface area contributed by atoms with E-state index in [1.54, 1.807) is 33.5 Å². The number of carbonyl (C=O) groups is 1. The van der Waals surface area contributed by atoms with Gasteiger partial charge in [0.1, 0.15) is 5.82 Å². The number of methoxy groups -OCH3 is 3. The van der Waals surface area contributed by atoms with Gasteiger partial charge in [0.2, 0.25) is 5.75 Å². The van der Waals surface area contributed by atoms with E-state index < -0.39 is 0 Å². The highest BCUT2D eigenvalue weighted by molar-refractivity contribution is 5.90. The van der Waals surface area contributed by atoms with Gasteiger partial charge in [-0.05, 0) is 30.9 Å². The van der Waals surface area contributed by atoms with Crippen LogP contribution in [0.3, 0.4) is 0 Å². The molecule has 0 spiro atoms. The Morgan fingerprint density at radius 2 is 1.79 bits per heavy atom. The van der Waals surface area contributed by atoms with Crippen molar-refractivity contribution in [3.63, 3.8) is 0 Å². The molecule has 156 valence electrons. The van der Waals surface area contributed by atoms with Crippen molar-refractivity contribution in [2.75, 3.05) is 51.2 Å². The SMILES string of the molecule is COc1cc(NC(=O)NCC2CCN(c3ccccn3)CC2)cc(OC)c1OC. The lowest BCUT2D eigenvalue weighted by Gasteiger charge is -2.32. The van der Waals surface area contributed by atoms with Gasteiger partial charge < -0.3 is 29.7 Å². The van der Waals surface area contributed by atoms with Gasteiger partial charge in [0.15, 0.2) is 11.5 Å². The first-order valence-electron chi connectivity index (χ1n) is 9.65. The molecule has 1 fully saturated rings. The molecule has 1 aliphatic rings. The lowest BCUT2D eigenvalue weighted by molar-refractivity contribution is 0.248. The van der Waals surface area contributed by atoms with Crippen LogP contribution >= 0.6 is 0 Å². The predicted octanol–water partition coefficient (Wildman–Crippen LogP) is 3.15. The Labute approximate surface area is 171 Å². The second-order valence-electron chi connectivity index (χ2n) is 6.87. The number of benzene rings is 1. The number of urea groups is 1. The number of pyridine rings is 1. The first-order chi connectivity index (χ1) is 14.1. The first-order valence-corrected chi connectivity index (χ1v) is 9.65. The third-order valence-electron chi connectivity index (χ3n) is 5.06. The molecule has 1 aromatic heterocycles. The molecule has 1 aliphatic heterocycles. The molecule has 1 saturated heterocycles. The first kappa shape index (κ1) is 20.6. The average Bonchev–Trinajstić information content (AvgIpc) is 2.78. The number of anilines is 2. The molecule has 0 saturated carbocycles. The van der Waals surface area contributed by atoms with Crippen molar-refractivity contribution in [1.29, 1.82) is 0 Å². The van der Waals surface area contributed by atoms with Crippen molar-refractivity contribution < 1.29 is 19.0 Å². The van der Waals surface area contributed by atoms with E-state index in [-0.39, 0.29) is 6.03 Å². The van der Waals surface area contributed by atoms with E-state index in [2.05, 4.69) is 20.5 Å². The Bertz CT molecular complexity index is 783. The van der Waals surface area contributed by atoms with Gasteiger partial charge in [0.25, 0.3) is 0 Å². The molecule has 8 nitrogen and oxygen atoms in total. The summed E-state index contributed by atoms with van der Waals surface area (Å²) in [6, 6.07) is 9.10. The zero-order valence-corrected chi connectivity index (χ0v) is 17.1. The van der Waals surface area contributed by atoms with Crippen molar-refractivity contribution in [3.8, 4) is 17.2 Å². The number of hydrogen-bond acceptors (Lipinski definition) is 6. The quantitative estimate of drug-likeness (QED) is 0.743. The molecule has 0 atom stereocenters. The topological polar surface area (TPSA) is 85.0 Å². The Morgan fingerprint density at radius 3 is 2.34 bits per heavy atom. The summed E-state index contributed by atoms with van der Waals surface area (Å²) >= 11 is 0. The van der Waals surface area contributed by atoms with E-state index in [1.807, 2.05) is 24.4 Å². The van der Waals surface area contributed by atoms with E-state index in [0.717, 1.165) is 31.7 Å². The van der Waals surface area contributed by atoms with E-state index in [1.165, 1.54) is 0 Å². The van der Waals surface area contributed by atoms with Crippen LogP contribution in [0.15, 0.2) is 36.5 Å². The molecule has 2 aromatic rings. The minimum absolute atomic E-state index is 0.258. The zero-order chi connectivity index (χ0) is 20.6. The third-order valence-corrected chi connectivity index (χ3v) is 5.06. The van der Waals surface area contributed by atoms with Gasteiger partial charge in [-0.1, -0.05) is 6.07 Å². The monoisotopic (exact) mass is 400 g/mol. The van der Waals surface area contributed by atoms with Crippen LogP contribution in [-0.2, 0) is 0 Å². The smallest absolute Gasteiger partial charge is 0.319 e. The lowest BCUT2D eigenvalue weighted by Crippen LogP contribution is -2.40. The van der Waals surface area contributed by atoms with Crippen LogP contribution in [0.25, 0.3) is 0 Å². The van der Waals surface area contributed by atoms with E-state index in [4.69, 9.17) is 14.2 Å². The van der Waals surface area contributed by atoms with E-state index in [0.29, 0.717) is 35.4 Å². The maximum atomic E-state index is 12.3. The number of rotatable bonds is 7. The van der Waals surface area contributed by atoms with Crippen LogP contribution in [0.4, 0.5) is 16.3 Å². The largest absolute Gasteiger partial charge is 0.493 e. The van der Waals surface area contributed by atoms with Crippen LogP contribution in [0, 0.1) is 5.92 Å². The molecular formula is C21H28N4O4. The van der Waals surface area contributed by atoms with Crippen LogP contribution in [0.5, 0.6) is 17.2 Å². The van der Waals surface area contributed by atoms with Crippen molar-refractivity contribution in [1.82, 2.24) is 10.3 Å². The summed E-state index contributed by atoms with van der Waals surface area (Å²) < 4.78 is 15.9. The van der Waals surface area contributed by atoms with Crippen LogP contribution in [-0.4, -0.2) is 52.0 Å². The minimum Gasteiger partial charge on any atom is -0.493 e. The van der Waals surface area contributed by atoms with Crippen molar-refractivity contribution in [2.24, 2.45) is 5.92 Å². The molecule has 1 aromatic carbocycles. The molecule has 2 heterocycles. The standard InChI is InChI=1S/C21H28N4O4/c1-27-17-12-16(13-18(28-2)20(17)29-3)24-21(26)23-14-15-7-10-25(11-8-15)19-6-4-5-9-22-19/h4-6,9,12-13,15H,7-8,10-11,14H2,1-3H3,(H2,23,24,26). The molecule has 0 unspecified atom stereocenters. The number of piperidine rings is 1. The Balaban J connectivity index is 1.49. The Hall–Kier alpha value is -3.16. The highest BCUT2D eigenvalue weighted by Crippen LogP contribution is 2.39. The zero-order valence-electron chi connectivity index (χ0n) is 17.1. The number of hydrogen-bond donors (Lipinski definition) is 2. The Morgan fingerprint density at radius 1 is 1.10 bits per heavy atom. The normalized spacial score (nSPS) is 14.2. The highest BCUT2D eigenvalue weighted by atomic mass is 16.5. The second-order valence-corrected chi connectivity index (χ2v) is 6.87. The summed E-state index contributed by atoms with van der Waals surface area (Å²) in [7, 11) is 4.62. The lowest BCUT2D eigenvalue weighted by atomic mass is 9.97. The third kappa shape index (κ3) is 5.22. The Kier molecular flexibility index (Phi) is 6.99. The van der Waals surface area contributed by atoms with Crippen molar-refractivity contribution in [3.05, 3.63) is 36.5 Å².